The van der Waals surface area contributed by atoms with E-state index in [0.717, 1.165) is 18.6 Å². The second kappa shape index (κ2) is 4.95. The van der Waals surface area contributed by atoms with Gasteiger partial charge in [0.15, 0.2) is 5.75 Å². The standard InChI is InChI=1S/C15H18N2O5/c1-15(2)12(9-5-6-22-13(9)15)16-14(19)8-3-4-10(17(20)21)11(18)7-8/h3-4,7,9,12-13,18H,5-6H2,1-2H3,(H,16,19)/t9-,12+,13-/m0/s1. The number of nitrogens with one attached hydrogen (secondary N) is 1. The van der Waals surface area contributed by atoms with Crippen LogP contribution in [0, 0.1) is 21.4 Å². The summed E-state index contributed by atoms with van der Waals surface area (Å²) in [4.78, 5) is 22.3. The first-order chi connectivity index (χ1) is 10.3. The van der Waals surface area contributed by atoms with Crippen molar-refractivity contribution in [3.05, 3.63) is 33.9 Å². The van der Waals surface area contributed by atoms with Crippen molar-refractivity contribution < 1.29 is 19.6 Å². The minimum absolute atomic E-state index is 0.00448. The number of phenols is 1. The Balaban J connectivity index is 1.75. The molecular weight excluding hydrogens is 288 g/mol. The fraction of sp³-hybridized carbons (Fsp3) is 0.533. The molecule has 22 heavy (non-hydrogen) atoms. The van der Waals surface area contributed by atoms with E-state index in [2.05, 4.69) is 19.2 Å². The van der Waals surface area contributed by atoms with Gasteiger partial charge in [0.25, 0.3) is 5.91 Å². The van der Waals surface area contributed by atoms with E-state index in [4.69, 9.17) is 4.74 Å². The number of rotatable bonds is 3. The van der Waals surface area contributed by atoms with Gasteiger partial charge in [-0.05, 0) is 18.6 Å². The summed E-state index contributed by atoms with van der Waals surface area (Å²) in [5.74, 6) is -0.535. The minimum atomic E-state index is -0.688. The Morgan fingerprint density at radius 3 is 2.86 bits per heavy atom. The lowest BCUT2D eigenvalue weighted by atomic mass is 9.57. The van der Waals surface area contributed by atoms with Crippen LogP contribution in [-0.4, -0.2) is 34.7 Å². The number of benzene rings is 1. The average molecular weight is 306 g/mol. The smallest absolute Gasteiger partial charge is 0.310 e. The van der Waals surface area contributed by atoms with Crippen molar-refractivity contribution in [1.29, 1.82) is 0 Å². The number of nitro benzene ring substituents is 1. The van der Waals surface area contributed by atoms with Gasteiger partial charge in [0.05, 0.1) is 11.0 Å². The zero-order chi connectivity index (χ0) is 16.1. The summed E-state index contributed by atoms with van der Waals surface area (Å²) in [5.41, 5.74) is -0.342. The van der Waals surface area contributed by atoms with Gasteiger partial charge in [0, 0.05) is 35.6 Å². The molecule has 0 unspecified atom stereocenters. The van der Waals surface area contributed by atoms with Gasteiger partial charge in [0.1, 0.15) is 0 Å². The molecule has 1 aromatic carbocycles. The second-order valence-corrected chi connectivity index (χ2v) is 6.48. The van der Waals surface area contributed by atoms with Crippen LogP contribution >= 0.6 is 0 Å². The Morgan fingerprint density at radius 1 is 1.50 bits per heavy atom. The number of amides is 1. The number of hydrogen-bond acceptors (Lipinski definition) is 5. The molecule has 1 aromatic rings. The fourth-order valence-electron chi connectivity index (χ4n) is 3.66. The molecule has 7 nitrogen and oxygen atoms in total. The van der Waals surface area contributed by atoms with Crippen molar-refractivity contribution in [2.75, 3.05) is 6.61 Å². The molecule has 3 rings (SSSR count). The third kappa shape index (κ3) is 2.12. The molecule has 0 aromatic heterocycles. The zero-order valence-corrected chi connectivity index (χ0v) is 12.4. The highest BCUT2D eigenvalue weighted by Gasteiger charge is 2.59. The first-order valence-corrected chi connectivity index (χ1v) is 7.22. The number of carbonyl (C=O) groups excluding carboxylic acids is 1. The van der Waals surface area contributed by atoms with E-state index in [-0.39, 0.29) is 29.0 Å². The van der Waals surface area contributed by atoms with E-state index in [1.165, 1.54) is 6.07 Å². The summed E-state index contributed by atoms with van der Waals surface area (Å²) in [6.45, 7) is 4.82. The Morgan fingerprint density at radius 2 is 2.23 bits per heavy atom. The lowest BCUT2D eigenvalue weighted by molar-refractivity contribution is -0.385. The Hall–Kier alpha value is -2.15. The number of fused-ring (bicyclic) bond motifs is 1. The summed E-state index contributed by atoms with van der Waals surface area (Å²) < 4.78 is 5.68. The average Bonchev–Trinajstić information content (AvgIpc) is 2.90. The maximum atomic E-state index is 12.3. The number of ether oxygens (including phenoxy) is 1. The first-order valence-electron chi connectivity index (χ1n) is 7.22. The maximum Gasteiger partial charge on any atom is 0.310 e. The summed E-state index contributed by atoms with van der Waals surface area (Å²) in [6.07, 6.45) is 1.09. The second-order valence-electron chi connectivity index (χ2n) is 6.48. The first kappa shape index (κ1) is 14.8. The van der Waals surface area contributed by atoms with E-state index in [9.17, 15) is 20.0 Å². The Labute approximate surface area is 127 Å². The van der Waals surface area contributed by atoms with Crippen molar-refractivity contribution in [2.24, 2.45) is 11.3 Å². The minimum Gasteiger partial charge on any atom is -0.502 e. The molecule has 1 saturated carbocycles. The highest BCUT2D eigenvalue weighted by atomic mass is 16.6. The van der Waals surface area contributed by atoms with Crippen LogP contribution in [0.5, 0.6) is 5.75 Å². The number of carbonyl (C=O) groups is 1. The molecule has 2 fully saturated rings. The molecule has 118 valence electrons. The predicted octanol–water partition coefficient (Wildman–Crippen LogP) is 1.84. The Kier molecular flexibility index (Phi) is 3.32. The van der Waals surface area contributed by atoms with Gasteiger partial charge in [-0.15, -0.1) is 0 Å². The van der Waals surface area contributed by atoms with Crippen LogP contribution in [0.1, 0.15) is 30.6 Å². The molecule has 1 aliphatic carbocycles. The molecule has 1 amide bonds. The molecular formula is C15H18N2O5. The van der Waals surface area contributed by atoms with Gasteiger partial charge in [-0.2, -0.15) is 0 Å². The number of hydrogen-bond donors (Lipinski definition) is 2. The van der Waals surface area contributed by atoms with Gasteiger partial charge in [0.2, 0.25) is 0 Å². The van der Waals surface area contributed by atoms with Crippen LogP contribution in [0.3, 0.4) is 0 Å². The molecule has 0 spiro atoms. The van der Waals surface area contributed by atoms with Gasteiger partial charge in [-0.3, -0.25) is 14.9 Å². The van der Waals surface area contributed by atoms with Crippen LogP contribution in [0.25, 0.3) is 0 Å². The van der Waals surface area contributed by atoms with E-state index < -0.39 is 16.4 Å². The van der Waals surface area contributed by atoms with Gasteiger partial charge in [-0.1, -0.05) is 13.8 Å². The van der Waals surface area contributed by atoms with Crippen LogP contribution < -0.4 is 5.32 Å². The lowest BCUT2D eigenvalue weighted by Crippen LogP contribution is -2.66. The Bertz CT molecular complexity index is 643. The van der Waals surface area contributed by atoms with Crippen LogP contribution in [0.4, 0.5) is 5.69 Å². The fourth-order valence-corrected chi connectivity index (χ4v) is 3.66. The lowest BCUT2D eigenvalue weighted by Gasteiger charge is -2.54. The van der Waals surface area contributed by atoms with Crippen molar-refractivity contribution in [2.45, 2.75) is 32.4 Å². The van der Waals surface area contributed by atoms with Crippen LogP contribution in [0.15, 0.2) is 18.2 Å². The molecule has 1 heterocycles. The summed E-state index contributed by atoms with van der Waals surface area (Å²) >= 11 is 0. The van der Waals surface area contributed by atoms with Gasteiger partial charge >= 0.3 is 5.69 Å². The number of phenolic OH excluding ortho intramolecular Hbond substituents is 1. The molecule has 2 N–H and O–H groups in total. The molecule has 3 atom stereocenters. The molecule has 1 saturated heterocycles. The zero-order valence-electron chi connectivity index (χ0n) is 12.4. The monoisotopic (exact) mass is 306 g/mol. The SMILES string of the molecule is CC1(C)[C@H](NC(=O)c2ccc([N+](=O)[O-])c(O)c2)[C@@H]2CCO[C@@H]21. The molecule has 0 radical (unpaired) electrons. The third-order valence-electron chi connectivity index (χ3n) is 4.82. The molecule has 1 aliphatic heterocycles. The summed E-state index contributed by atoms with van der Waals surface area (Å²) in [5, 5.41) is 23.3. The van der Waals surface area contributed by atoms with E-state index in [1.54, 1.807) is 0 Å². The summed E-state index contributed by atoms with van der Waals surface area (Å²) in [7, 11) is 0. The largest absolute Gasteiger partial charge is 0.502 e. The predicted molar refractivity (Wildman–Crippen MR) is 77.6 cm³/mol. The highest BCUT2D eigenvalue weighted by Crippen LogP contribution is 2.52. The molecule has 7 heteroatoms. The maximum absolute atomic E-state index is 12.3. The van der Waals surface area contributed by atoms with Crippen molar-refractivity contribution in [3.63, 3.8) is 0 Å². The number of aromatic hydroxyl groups is 1. The summed E-state index contributed by atoms with van der Waals surface area (Å²) in [6, 6.07) is 3.62. The number of nitro groups is 1. The highest BCUT2D eigenvalue weighted by molar-refractivity contribution is 5.95. The molecule has 2 aliphatic rings. The topological polar surface area (TPSA) is 102 Å². The van der Waals surface area contributed by atoms with Gasteiger partial charge in [-0.25, -0.2) is 0 Å². The van der Waals surface area contributed by atoms with E-state index >= 15 is 0 Å². The van der Waals surface area contributed by atoms with Crippen molar-refractivity contribution >= 4 is 11.6 Å². The van der Waals surface area contributed by atoms with E-state index in [0.29, 0.717) is 12.5 Å². The van der Waals surface area contributed by atoms with Crippen molar-refractivity contribution in [1.82, 2.24) is 5.32 Å². The molecule has 0 bridgehead atoms. The third-order valence-corrected chi connectivity index (χ3v) is 4.82. The van der Waals surface area contributed by atoms with Crippen LogP contribution in [-0.2, 0) is 4.74 Å². The van der Waals surface area contributed by atoms with Crippen molar-refractivity contribution in [3.8, 4) is 5.75 Å². The van der Waals surface area contributed by atoms with E-state index in [1.807, 2.05) is 0 Å². The van der Waals surface area contributed by atoms with Crippen LogP contribution in [0.2, 0.25) is 0 Å². The number of nitrogens with zero attached hydrogens (tertiary/aromatic N) is 1. The van der Waals surface area contributed by atoms with Gasteiger partial charge < -0.3 is 15.2 Å². The quantitative estimate of drug-likeness (QED) is 0.655. The normalized spacial score (nSPS) is 28.5.